The van der Waals surface area contributed by atoms with Gasteiger partial charge in [0.2, 0.25) is 0 Å². The van der Waals surface area contributed by atoms with Gasteiger partial charge in [-0.15, -0.1) is 0 Å². The number of aliphatic hydroxyl groups excluding tert-OH is 4. The quantitative estimate of drug-likeness (QED) is 0.0647. The molecule has 2 saturated heterocycles. The van der Waals surface area contributed by atoms with Crippen LogP contribution in [0.2, 0.25) is 0 Å². The summed E-state index contributed by atoms with van der Waals surface area (Å²) in [6, 6.07) is 3.13. The van der Waals surface area contributed by atoms with E-state index in [2.05, 4.69) is 19.3 Å². The van der Waals surface area contributed by atoms with Gasteiger partial charge in [0.1, 0.15) is 42.4 Å². The molecule has 2 aliphatic rings. The molecule has 26 heteroatoms. The summed E-state index contributed by atoms with van der Waals surface area (Å²) < 4.78 is 68.6. The Labute approximate surface area is 263 Å². The molecule has 3 aromatic heterocycles. The van der Waals surface area contributed by atoms with E-state index in [0.717, 1.165) is 17.2 Å². The zero-order valence-corrected chi connectivity index (χ0v) is 26.3. The van der Waals surface area contributed by atoms with Gasteiger partial charge in [0.25, 0.3) is 6.23 Å². The normalized spacial score (nSPS) is 30.8. The lowest BCUT2D eigenvalue weighted by Gasteiger charge is -2.22. The zero-order chi connectivity index (χ0) is 34.3. The average molecular weight is 731 g/mol. The van der Waals surface area contributed by atoms with Gasteiger partial charge in [-0.25, -0.2) is 28.6 Å². The van der Waals surface area contributed by atoms with Gasteiger partial charge in [0, 0.05) is 11.6 Å². The molecule has 260 valence electrons. The first-order valence-electron chi connectivity index (χ1n) is 13.3. The molecule has 0 saturated carbocycles. The Hall–Kier alpha value is -2.37. The van der Waals surface area contributed by atoms with E-state index in [-0.39, 0.29) is 23.6 Å². The SMILES string of the molecule is Nc1ncnc2c1ncn2[C@@H]1O[C@H](COP(=O)(O)OP(=O)(O)OC[C@H]2O[C@@H]([n+]3cccc(CO)c3)[C@H](O)[C@@H]2O)[C@@H](O)[C@H]1OP(=O)(O)O. The van der Waals surface area contributed by atoms with Crippen molar-refractivity contribution in [2.75, 3.05) is 18.9 Å². The van der Waals surface area contributed by atoms with Crippen LogP contribution in [0.25, 0.3) is 11.2 Å². The molecule has 2 unspecified atom stereocenters. The minimum Gasteiger partial charge on any atom is -0.391 e. The molecule has 0 amide bonds. The van der Waals surface area contributed by atoms with Crippen LogP contribution >= 0.6 is 23.5 Å². The summed E-state index contributed by atoms with van der Waals surface area (Å²) in [5, 5.41) is 40.8. The van der Waals surface area contributed by atoms with Gasteiger partial charge in [0.05, 0.1) is 26.1 Å². The van der Waals surface area contributed by atoms with Crippen molar-refractivity contribution in [2.24, 2.45) is 0 Å². The highest BCUT2D eigenvalue weighted by Crippen LogP contribution is 2.61. The lowest BCUT2D eigenvalue weighted by Crippen LogP contribution is -2.46. The van der Waals surface area contributed by atoms with Crippen molar-refractivity contribution >= 4 is 40.4 Å². The number of aromatic nitrogens is 5. The fourth-order valence-corrected chi connectivity index (χ4v) is 7.47. The summed E-state index contributed by atoms with van der Waals surface area (Å²) in [7, 11) is -16.2. The lowest BCUT2D eigenvalue weighted by atomic mass is 10.1. The van der Waals surface area contributed by atoms with E-state index in [1.54, 1.807) is 6.07 Å². The third-order valence-corrected chi connectivity index (χ3v) is 10.1. The van der Waals surface area contributed by atoms with E-state index in [0.29, 0.717) is 5.56 Å². The fourth-order valence-electron chi connectivity index (χ4n) is 4.83. The van der Waals surface area contributed by atoms with Gasteiger partial charge < -0.3 is 55.2 Å². The number of ether oxygens (including phenoxy) is 2. The van der Waals surface area contributed by atoms with E-state index < -0.39 is 85.8 Å². The van der Waals surface area contributed by atoms with Crippen LogP contribution in [-0.2, 0) is 47.7 Å². The number of nitrogens with two attached hydrogens (primary N) is 1. The van der Waals surface area contributed by atoms with Gasteiger partial charge in [-0.2, -0.15) is 8.88 Å². The lowest BCUT2D eigenvalue weighted by molar-refractivity contribution is -0.766. The van der Waals surface area contributed by atoms with Crippen LogP contribution in [0.5, 0.6) is 0 Å². The molecular weight excluding hydrogens is 701 g/mol. The first kappa shape index (κ1) is 35.9. The molecule has 0 radical (unpaired) electrons. The van der Waals surface area contributed by atoms with Gasteiger partial charge >= 0.3 is 23.5 Å². The minimum absolute atomic E-state index is 0.0117. The van der Waals surface area contributed by atoms with Crippen LogP contribution < -0.4 is 10.3 Å². The van der Waals surface area contributed by atoms with Crippen LogP contribution in [0, 0.1) is 0 Å². The number of hydrogen-bond acceptors (Lipinski definition) is 17. The number of pyridine rings is 1. The molecule has 10 atom stereocenters. The second-order valence-corrected chi connectivity index (χ2v) is 14.4. The van der Waals surface area contributed by atoms with Crippen LogP contribution in [0.15, 0.2) is 37.2 Å². The third-order valence-electron chi connectivity index (χ3n) is 6.94. The minimum atomic E-state index is -5.50. The molecule has 0 spiro atoms. The molecule has 5 heterocycles. The van der Waals surface area contributed by atoms with Gasteiger partial charge in [0.15, 0.2) is 36.2 Å². The maximum Gasteiger partial charge on any atom is 0.481 e. The Morgan fingerprint density at radius 1 is 0.936 bits per heavy atom. The van der Waals surface area contributed by atoms with E-state index in [9.17, 15) is 53.7 Å². The summed E-state index contributed by atoms with van der Waals surface area (Å²) >= 11 is 0. The number of anilines is 1. The number of imidazole rings is 1. The second kappa shape index (κ2) is 13.9. The van der Waals surface area contributed by atoms with Gasteiger partial charge in [-0.05, 0) is 6.07 Å². The summed E-state index contributed by atoms with van der Waals surface area (Å²) in [4.78, 5) is 50.7. The summed E-state index contributed by atoms with van der Waals surface area (Å²) in [5.74, 6) is -0.0506. The van der Waals surface area contributed by atoms with Crippen molar-refractivity contribution in [2.45, 2.75) is 55.7 Å². The fraction of sp³-hybridized carbons (Fsp3) is 0.524. The first-order valence-corrected chi connectivity index (χ1v) is 17.8. The molecule has 3 aromatic rings. The van der Waals surface area contributed by atoms with E-state index in [4.69, 9.17) is 28.8 Å². The molecule has 5 rings (SSSR count). The molecule has 2 aliphatic heterocycles. The van der Waals surface area contributed by atoms with Crippen molar-refractivity contribution in [1.82, 2.24) is 19.5 Å². The zero-order valence-electron chi connectivity index (χ0n) is 23.6. The Morgan fingerprint density at radius 3 is 2.23 bits per heavy atom. The predicted octanol–water partition coefficient (Wildman–Crippen LogP) is -2.51. The Bertz CT molecular complexity index is 1730. The van der Waals surface area contributed by atoms with Crippen molar-refractivity contribution in [3.8, 4) is 0 Å². The monoisotopic (exact) mass is 731 g/mol. The number of phosphoric acid groups is 3. The molecular formula is C21H30N6O17P3+. The van der Waals surface area contributed by atoms with Crippen LogP contribution in [0.4, 0.5) is 5.82 Å². The van der Waals surface area contributed by atoms with E-state index >= 15 is 0 Å². The van der Waals surface area contributed by atoms with Crippen molar-refractivity contribution in [1.29, 1.82) is 0 Å². The first-order chi connectivity index (χ1) is 22.0. The van der Waals surface area contributed by atoms with Crippen LogP contribution in [0.1, 0.15) is 18.0 Å². The smallest absolute Gasteiger partial charge is 0.391 e. The Morgan fingerprint density at radius 2 is 1.60 bits per heavy atom. The van der Waals surface area contributed by atoms with Crippen LogP contribution in [-0.4, -0.2) is 109 Å². The number of nitrogen functional groups attached to an aromatic ring is 1. The highest BCUT2D eigenvalue weighted by molar-refractivity contribution is 7.61. The molecule has 0 bridgehead atoms. The topological polar surface area (TPSA) is 342 Å². The largest absolute Gasteiger partial charge is 0.481 e. The van der Waals surface area contributed by atoms with E-state index in [1.807, 2.05) is 0 Å². The average Bonchev–Trinajstić information content (AvgIpc) is 3.64. The standard InChI is InChI=1S/C21H29N6O17P3/c22-18-13-19(24-8-23-18)27(9-25-13)21-17(43-45(32,33)34)15(30)12(42-21)7-40-47(37,38)44-46(35,36)39-6-11-14(29)16(31)20(41-11)26-3-1-2-10(4-26)5-28/h1-4,8-9,11-12,14-17,20-21,28-31H,5-7H2,(H5-,22,23,24,32,33,34,35,36,37,38)/p+1/t11-,12-,14-,15-,16-,17-,20-,21-/m1/s1. The maximum absolute atomic E-state index is 12.6. The maximum atomic E-state index is 12.6. The molecule has 2 fully saturated rings. The number of fused-ring (bicyclic) bond motifs is 1. The number of nitrogens with zero attached hydrogens (tertiary/aromatic N) is 5. The van der Waals surface area contributed by atoms with E-state index in [1.165, 1.54) is 23.0 Å². The summed E-state index contributed by atoms with van der Waals surface area (Å²) in [5.41, 5.74) is 6.29. The predicted molar refractivity (Wildman–Crippen MR) is 148 cm³/mol. The molecule has 0 aromatic carbocycles. The van der Waals surface area contributed by atoms with Crippen molar-refractivity contribution < 1.29 is 85.6 Å². The second-order valence-electron chi connectivity index (χ2n) is 10.2. The van der Waals surface area contributed by atoms with Crippen LogP contribution in [0.3, 0.4) is 0 Å². The van der Waals surface area contributed by atoms with Gasteiger partial charge in [-0.3, -0.25) is 18.1 Å². The summed E-state index contributed by atoms with van der Waals surface area (Å²) in [6.45, 7) is -2.30. The Balaban J connectivity index is 1.21. The molecule has 0 aliphatic carbocycles. The van der Waals surface area contributed by atoms with Crippen molar-refractivity contribution in [3.05, 3.63) is 42.7 Å². The van der Waals surface area contributed by atoms with Crippen molar-refractivity contribution in [3.63, 3.8) is 0 Å². The number of aliphatic hydroxyl groups is 4. The highest BCUT2D eigenvalue weighted by Gasteiger charge is 2.51. The number of rotatable bonds is 13. The summed E-state index contributed by atoms with van der Waals surface area (Å²) in [6.07, 6.45) is -7.71. The highest BCUT2D eigenvalue weighted by atomic mass is 31.3. The van der Waals surface area contributed by atoms with Gasteiger partial charge in [-0.1, -0.05) is 0 Å². The molecule has 23 nitrogen and oxygen atoms in total. The third kappa shape index (κ3) is 8.27. The molecule has 10 N–H and O–H groups in total. The Kier molecular flexibility index (Phi) is 10.6. The number of phosphoric ester groups is 3. The number of hydrogen-bond donors (Lipinski definition) is 9. The molecule has 47 heavy (non-hydrogen) atoms.